The average Bonchev–Trinajstić information content (AvgIpc) is 3.17. The van der Waals surface area contributed by atoms with E-state index in [0.717, 1.165) is 49.4 Å². The average molecular weight is 452 g/mol. The molecule has 0 radical (unpaired) electrons. The molecular weight excluding hydrogens is 418 g/mol. The Morgan fingerprint density at radius 2 is 1.62 bits per heavy atom. The highest BCUT2D eigenvalue weighted by atomic mass is 16.5. The number of nitrogens with two attached hydrogens (primary N) is 1. The van der Waals surface area contributed by atoms with Gasteiger partial charge in [0.05, 0.1) is 0 Å². The Bertz CT molecular complexity index is 1250. The summed E-state index contributed by atoms with van der Waals surface area (Å²) in [5, 5.41) is 1.34. The van der Waals surface area contributed by atoms with Crippen LogP contribution < -0.4 is 10.5 Å². The van der Waals surface area contributed by atoms with Crippen LogP contribution in [0.15, 0.2) is 91.1 Å². The predicted octanol–water partition coefficient (Wildman–Crippen LogP) is 6.12. The van der Waals surface area contributed by atoms with Crippen molar-refractivity contribution in [2.45, 2.75) is 38.3 Å². The summed E-state index contributed by atoms with van der Waals surface area (Å²) < 4.78 is 6.35. The smallest absolute Gasteiger partial charge is 0.119 e. The fourth-order valence-corrected chi connectivity index (χ4v) is 5.14. The van der Waals surface area contributed by atoms with Gasteiger partial charge < -0.3 is 15.5 Å². The lowest BCUT2D eigenvalue weighted by Gasteiger charge is -2.32. The maximum atomic E-state index is 6.35. The molecule has 0 bridgehead atoms. The summed E-state index contributed by atoms with van der Waals surface area (Å²) in [6.45, 7) is 9.28. The van der Waals surface area contributed by atoms with Gasteiger partial charge in [0.1, 0.15) is 11.9 Å². The normalized spacial score (nSPS) is 15.9. The number of aromatic nitrogens is 1. The molecule has 1 saturated heterocycles. The summed E-state index contributed by atoms with van der Waals surface area (Å²) in [7, 11) is 0. The number of piperidine rings is 1. The highest BCUT2D eigenvalue weighted by Crippen LogP contribution is 2.31. The highest BCUT2D eigenvalue weighted by Gasteiger charge is 2.22. The second kappa shape index (κ2) is 9.78. The number of aryl methyl sites for hydroxylation is 1. The predicted molar refractivity (Wildman–Crippen MR) is 140 cm³/mol. The summed E-state index contributed by atoms with van der Waals surface area (Å²) in [6, 6.07) is 27.2. The Balaban J connectivity index is 1.19. The number of fused-ring (bicyclic) bond motifs is 1. The number of ether oxygens (including phenoxy) is 1. The molecule has 1 fully saturated rings. The van der Waals surface area contributed by atoms with Crippen molar-refractivity contribution in [3.05, 3.63) is 114 Å². The number of benzene rings is 3. The Hall–Kier alpha value is -3.50. The van der Waals surface area contributed by atoms with Crippen LogP contribution in [0.25, 0.3) is 10.9 Å². The van der Waals surface area contributed by atoms with E-state index in [2.05, 4.69) is 84.1 Å². The van der Waals surface area contributed by atoms with Gasteiger partial charge >= 0.3 is 0 Å². The SMILES string of the molecule is C=C(N)C(c1ccccc1)c1ccc(OC2CCN(Cc3c(C)[nH]c4ccccc34)CC2)cc1. The van der Waals surface area contributed by atoms with Crippen molar-refractivity contribution < 1.29 is 4.74 Å². The summed E-state index contributed by atoms with van der Waals surface area (Å²) >= 11 is 0. The van der Waals surface area contributed by atoms with Crippen LogP contribution in [0.1, 0.15) is 41.1 Å². The lowest BCUT2D eigenvalue weighted by atomic mass is 9.89. The third-order valence-corrected chi connectivity index (χ3v) is 6.96. The fourth-order valence-electron chi connectivity index (χ4n) is 5.14. The van der Waals surface area contributed by atoms with E-state index in [-0.39, 0.29) is 12.0 Å². The monoisotopic (exact) mass is 451 g/mol. The molecule has 1 aliphatic rings. The summed E-state index contributed by atoms with van der Waals surface area (Å²) in [6.07, 6.45) is 2.32. The van der Waals surface area contributed by atoms with E-state index in [1.165, 1.54) is 22.2 Å². The minimum Gasteiger partial charge on any atom is -0.490 e. The molecule has 1 aromatic heterocycles. The van der Waals surface area contributed by atoms with Crippen LogP contribution in [-0.2, 0) is 6.54 Å². The van der Waals surface area contributed by atoms with Crippen LogP contribution in [0.4, 0.5) is 0 Å². The molecule has 3 aromatic carbocycles. The van der Waals surface area contributed by atoms with Crippen molar-refractivity contribution in [1.29, 1.82) is 0 Å². The molecule has 34 heavy (non-hydrogen) atoms. The van der Waals surface area contributed by atoms with Crippen LogP contribution in [0.3, 0.4) is 0 Å². The molecule has 4 nitrogen and oxygen atoms in total. The number of para-hydroxylation sites is 1. The van der Waals surface area contributed by atoms with Crippen molar-refractivity contribution in [3.8, 4) is 5.75 Å². The Labute approximate surface area is 202 Å². The van der Waals surface area contributed by atoms with Gasteiger partial charge in [-0.25, -0.2) is 0 Å². The van der Waals surface area contributed by atoms with Crippen molar-refractivity contribution in [2.24, 2.45) is 5.73 Å². The van der Waals surface area contributed by atoms with E-state index in [9.17, 15) is 0 Å². The summed E-state index contributed by atoms with van der Waals surface area (Å²) in [5.74, 6) is 0.913. The number of rotatable bonds is 7. The molecule has 1 aliphatic heterocycles. The molecule has 1 atom stereocenters. The highest BCUT2D eigenvalue weighted by molar-refractivity contribution is 5.84. The maximum Gasteiger partial charge on any atom is 0.119 e. The molecule has 174 valence electrons. The lowest BCUT2D eigenvalue weighted by molar-refractivity contribution is 0.0969. The van der Waals surface area contributed by atoms with E-state index in [0.29, 0.717) is 5.70 Å². The van der Waals surface area contributed by atoms with E-state index in [1.807, 2.05) is 18.2 Å². The van der Waals surface area contributed by atoms with Gasteiger partial charge in [0.2, 0.25) is 0 Å². The van der Waals surface area contributed by atoms with Gasteiger partial charge in [-0.2, -0.15) is 0 Å². The number of hydrogen-bond donors (Lipinski definition) is 2. The van der Waals surface area contributed by atoms with Crippen LogP contribution in [0.2, 0.25) is 0 Å². The number of likely N-dealkylation sites (tertiary alicyclic amines) is 1. The number of nitrogens with one attached hydrogen (secondary N) is 1. The second-order valence-electron chi connectivity index (χ2n) is 9.36. The molecule has 2 heterocycles. The van der Waals surface area contributed by atoms with Gasteiger partial charge in [0.15, 0.2) is 0 Å². The van der Waals surface area contributed by atoms with Crippen molar-refractivity contribution in [2.75, 3.05) is 13.1 Å². The van der Waals surface area contributed by atoms with Gasteiger partial charge in [0.25, 0.3) is 0 Å². The minimum absolute atomic E-state index is 0.00791. The van der Waals surface area contributed by atoms with Crippen LogP contribution in [-0.4, -0.2) is 29.1 Å². The Morgan fingerprint density at radius 1 is 0.971 bits per heavy atom. The second-order valence-corrected chi connectivity index (χ2v) is 9.36. The molecule has 0 spiro atoms. The minimum atomic E-state index is -0.00791. The Kier molecular flexibility index (Phi) is 6.41. The van der Waals surface area contributed by atoms with E-state index >= 15 is 0 Å². The molecule has 0 saturated carbocycles. The third-order valence-electron chi connectivity index (χ3n) is 6.96. The van der Waals surface area contributed by atoms with Crippen LogP contribution in [0.5, 0.6) is 5.75 Å². The molecule has 0 aliphatic carbocycles. The van der Waals surface area contributed by atoms with Gasteiger partial charge in [-0.1, -0.05) is 67.2 Å². The molecule has 4 aromatic rings. The number of hydrogen-bond acceptors (Lipinski definition) is 3. The molecule has 4 heteroatoms. The quantitative estimate of drug-likeness (QED) is 0.356. The first-order valence-corrected chi connectivity index (χ1v) is 12.1. The van der Waals surface area contributed by atoms with Gasteiger partial charge in [0, 0.05) is 47.8 Å². The zero-order valence-corrected chi connectivity index (χ0v) is 19.8. The zero-order chi connectivity index (χ0) is 23.5. The molecule has 0 amide bonds. The van der Waals surface area contributed by atoms with E-state index < -0.39 is 0 Å². The van der Waals surface area contributed by atoms with E-state index in [4.69, 9.17) is 10.5 Å². The molecule has 1 unspecified atom stereocenters. The van der Waals surface area contributed by atoms with Crippen molar-refractivity contribution in [3.63, 3.8) is 0 Å². The van der Waals surface area contributed by atoms with Crippen molar-refractivity contribution in [1.82, 2.24) is 9.88 Å². The summed E-state index contributed by atoms with van der Waals surface area (Å²) in [4.78, 5) is 6.07. The number of allylic oxidation sites excluding steroid dienone is 1. The zero-order valence-electron chi connectivity index (χ0n) is 19.8. The largest absolute Gasteiger partial charge is 0.490 e. The third kappa shape index (κ3) is 4.73. The molecular formula is C30H33N3O. The molecule has 5 rings (SSSR count). The topological polar surface area (TPSA) is 54.3 Å². The van der Waals surface area contributed by atoms with Crippen molar-refractivity contribution >= 4 is 10.9 Å². The van der Waals surface area contributed by atoms with Crippen LogP contribution >= 0.6 is 0 Å². The lowest BCUT2D eigenvalue weighted by Crippen LogP contribution is -2.37. The summed E-state index contributed by atoms with van der Waals surface area (Å²) in [5.41, 5.74) is 13.0. The van der Waals surface area contributed by atoms with Gasteiger partial charge in [-0.15, -0.1) is 0 Å². The number of aromatic amines is 1. The first kappa shape index (κ1) is 22.3. The van der Waals surface area contributed by atoms with Crippen LogP contribution in [0, 0.1) is 6.92 Å². The standard InChI is InChI=1S/C30H33N3O/c1-21(31)30(23-8-4-3-5-9-23)24-12-14-25(15-13-24)34-26-16-18-33(19-17-26)20-28-22(2)32-29-11-7-6-10-27(28)29/h3-15,26,30,32H,1,16-20,31H2,2H3. The maximum absolute atomic E-state index is 6.35. The van der Waals surface area contributed by atoms with Gasteiger partial charge in [-0.05, 0) is 54.7 Å². The first-order valence-electron chi connectivity index (χ1n) is 12.1. The first-order chi connectivity index (χ1) is 16.6. The number of nitrogens with zero attached hydrogens (tertiary/aromatic N) is 1. The Morgan fingerprint density at radius 3 is 2.32 bits per heavy atom. The molecule has 3 N–H and O–H groups in total. The fraction of sp³-hybridized carbons (Fsp3) is 0.267. The van der Waals surface area contributed by atoms with Gasteiger partial charge in [-0.3, -0.25) is 4.90 Å². The number of H-pyrrole nitrogens is 1. The van der Waals surface area contributed by atoms with E-state index in [1.54, 1.807) is 0 Å².